The predicted octanol–water partition coefficient (Wildman–Crippen LogP) is 2.53. The second kappa shape index (κ2) is 4.90. The van der Waals surface area contributed by atoms with Gasteiger partial charge in [0.05, 0.1) is 0 Å². The summed E-state index contributed by atoms with van der Waals surface area (Å²) in [5.74, 6) is 0. The minimum atomic E-state index is -0.746. The summed E-state index contributed by atoms with van der Waals surface area (Å²) < 4.78 is 5.32. The lowest BCUT2D eigenvalue weighted by molar-refractivity contribution is -0.117. The lowest BCUT2D eigenvalue weighted by atomic mass is 9.94. The number of carbonyl (C=O) groups excluding carboxylic acids is 2. The van der Waals surface area contributed by atoms with Gasteiger partial charge in [0.1, 0.15) is 17.4 Å². The van der Waals surface area contributed by atoms with Crippen molar-refractivity contribution in [3.63, 3.8) is 0 Å². The summed E-state index contributed by atoms with van der Waals surface area (Å²) >= 11 is 0. The Balaban J connectivity index is 2.84. The average Bonchev–Trinajstić information content (AvgIpc) is 2.60. The SMILES string of the molecule is C=CC[C@]1(C=O)CCCN1C(=O)OC(C)(C)C. The Morgan fingerprint density at radius 1 is 1.53 bits per heavy atom. The van der Waals surface area contributed by atoms with Crippen molar-refractivity contribution >= 4 is 12.4 Å². The van der Waals surface area contributed by atoms with Gasteiger partial charge >= 0.3 is 6.09 Å². The van der Waals surface area contributed by atoms with E-state index in [4.69, 9.17) is 4.74 Å². The van der Waals surface area contributed by atoms with Gasteiger partial charge in [0, 0.05) is 6.54 Å². The van der Waals surface area contributed by atoms with Gasteiger partial charge in [0.25, 0.3) is 0 Å². The van der Waals surface area contributed by atoms with Crippen molar-refractivity contribution in [1.82, 2.24) is 4.90 Å². The molecule has 4 nitrogen and oxygen atoms in total. The van der Waals surface area contributed by atoms with Gasteiger partial charge in [-0.05, 0) is 40.0 Å². The molecule has 0 N–H and O–H groups in total. The fourth-order valence-electron chi connectivity index (χ4n) is 2.12. The predicted molar refractivity (Wildman–Crippen MR) is 65.8 cm³/mol. The number of ether oxygens (including phenoxy) is 1. The van der Waals surface area contributed by atoms with E-state index in [0.29, 0.717) is 19.4 Å². The van der Waals surface area contributed by atoms with Gasteiger partial charge in [0.15, 0.2) is 0 Å². The zero-order valence-electron chi connectivity index (χ0n) is 10.9. The standard InChI is InChI=1S/C13H21NO3/c1-5-7-13(10-15)8-6-9-14(13)11(16)17-12(2,3)4/h5,10H,1,6-9H2,2-4H3/t13-/m1/s1. The molecule has 1 fully saturated rings. The molecule has 1 saturated heterocycles. The van der Waals surface area contributed by atoms with Crippen LogP contribution in [0.5, 0.6) is 0 Å². The van der Waals surface area contributed by atoms with Crippen LogP contribution in [-0.2, 0) is 9.53 Å². The maximum Gasteiger partial charge on any atom is 0.411 e. The molecule has 0 unspecified atom stereocenters. The van der Waals surface area contributed by atoms with E-state index in [1.54, 1.807) is 6.08 Å². The van der Waals surface area contributed by atoms with Crippen molar-refractivity contribution in [2.24, 2.45) is 0 Å². The lowest BCUT2D eigenvalue weighted by Crippen LogP contribution is -2.50. The second-order valence-corrected chi connectivity index (χ2v) is 5.45. The molecule has 1 amide bonds. The molecule has 96 valence electrons. The Labute approximate surface area is 103 Å². The summed E-state index contributed by atoms with van der Waals surface area (Å²) in [5, 5.41) is 0. The van der Waals surface area contributed by atoms with Crippen LogP contribution in [-0.4, -0.2) is 35.0 Å². The normalized spacial score (nSPS) is 24.5. The van der Waals surface area contributed by atoms with Crippen molar-refractivity contribution in [2.45, 2.75) is 51.2 Å². The molecule has 0 aromatic carbocycles. The monoisotopic (exact) mass is 239 g/mol. The third-order valence-electron chi connectivity index (χ3n) is 2.86. The van der Waals surface area contributed by atoms with Gasteiger partial charge in [-0.3, -0.25) is 4.90 Å². The highest BCUT2D eigenvalue weighted by Gasteiger charge is 2.44. The molecular formula is C13H21NO3. The smallest absolute Gasteiger partial charge is 0.411 e. The maximum atomic E-state index is 12.0. The van der Waals surface area contributed by atoms with Crippen LogP contribution in [0.1, 0.15) is 40.0 Å². The zero-order chi connectivity index (χ0) is 13.1. The second-order valence-electron chi connectivity index (χ2n) is 5.45. The lowest BCUT2D eigenvalue weighted by Gasteiger charge is -2.34. The Bertz CT molecular complexity index is 319. The summed E-state index contributed by atoms with van der Waals surface area (Å²) in [7, 11) is 0. The molecule has 1 heterocycles. The third kappa shape index (κ3) is 3.08. The summed E-state index contributed by atoms with van der Waals surface area (Å²) in [5.41, 5.74) is -1.29. The highest BCUT2D eigenvalue weighted by Crippen LogP contribution is 2.32. The van der Waals surface area contributed by atoms with E-state index in [9.17, 15) is 9.59 Å². The van der Waals surface area contributed by atoms with Crippen LogP contribution in [0.25, 0.3) is 0 Å². The van der Waals surface area contributed by atoms with Gasteiger partial charge < -0.3 is 9.53 Å². The van der Waals surface area contributed by atoms with E-state index in [1.165, 1.54) is 4.90 Å². The Morgan fingerprint density at radius 3 is 2.65 bits per heavy atom. The topological polar surface area (TPSA) is 46.6 Å². The molecule has 0 aromatic rings. The number of aldehydes is 1. The van der Waals surface area contributed by atoms with Crippen molar-refractivity contribution in [2.75, 3.05) is 6.54 Å². The summed E-state index contributed by atoms with van der Waals surface area (Å²) in [4.78, 5) is 24.9. The van der Waals surface area contributed by atoms with Crippen LogP contribution >= 0.6 is 0 Å². The maximum absolute atomic E-state index is 12.0. The molecule has 17 heavy (non-hydrogen) atoms. The van der Waals surface area contributed by atoms with E-state index in [-0.39, 0.29) is 0 Å². The number of hydrogen-bond acceptors (Lipinski definition) is 3. The van der Waals surface area contributed by atoms with E-state index in [1.807, 2.05) is 20.8 Å². The largest absolute Gasteiger partial charge is 0.444 e. The first kappa shape index (κ1) is 13.7. The fourth-order valence-corrected chi connectivity index (χ4v) is 2.12. The molecule has 4 heteroatoms. The van der Waals surface area contributed by atoms with E-state index < -0.39 is 17.2 Å². The molecule has 1 rings (SSSR count). The molecule has 0 bridgehead atoms. The molecule has 0 aliphatic carbocycles. The summed E-state index contributed by atoms with van der Waals surface area (Å²) in [6, 6.07) is 0. The molecule has 0 saturated carbocycles. The van der Waals surface area contributed by atoms with Gasteiger partial charge in [-0.2, -0.15) is 0 Å². The summed E-state index contributed by atoms with van der Waals surface area (Å²) in [6.45, 7) is 9.67. The average molecular weight is 239 g/mol. The molecule has 1 aliphatic heterocycles. The number of amides is 1. The number of nitrogens with zero attached hydrogens (tertiary/aromatic N) is 1. The minimum absolute atomic E-state index is 0.413. The molecule has 1 atom stereocenters. The molecular weight excluding hydrogens is 218 g/mol. The minimum Gasteiger partial charge on any atom is -0.444 e. The molecule has 1 aliphatic rings. The van der Waals surface area contributed by atoms with Gasteiger partial charge in [-0.25, -0.2) is 4.79 Å². The van der Waals surface area contributed by atoms with Crippen LogP contribution in [0.2, 0.25) is 0 Å². The zero-order valence-corrected chi connectivity index (χ0v) is 10.9. The molecule has 0 radical (unpaired) electrons. The summed E-state index contributed by atoms with van der Waals surface area (Å²) in [6.07, 6.45) is 4.11. The van der Waals surface area contributed by atoms with Crippen molar-refractivity contribution in [1.29, 1.82) is 0 Å². The van der Waals surface area contributed by atoms with Crippen LogP contribution in [0.15, 0.2) is 12.7 Å². The quantitative estimate of drug-likeness (QED) is 0.561. The van der Waals surface area contributed by atoms with E-state index in [0.717, 1.165) is 12.7 Å². The first-order valence-corrected chi connectivity index (χ1v) is 5.92. The number of hydrogen-bond donors (Lipinski definition) is 0. The fraction of sp³-hybridized carbons (Fsp3) is 0.692. The van der Waals surface area contributed by atoms with Crippen LogP contribution < -0.4 is 0 Å². The Morgan fingerprint density at radius 2 is 2.18 bits per heavy atom. The third-order valence-corrected chi connectivity index (χ3v) is 2.86. The van der Waals surface area contributed by atoms with Crippen LogP contribution in [0.3, 0.4) is 0 Å². The van der Waals surface area contributed by atoms with Crippen molar-refractivity contribution in [3.8, 4) is 0 Å². The Hall–Kier alpha value is -1.32. The van der Waals surface area contributed by atoms with Gasteiger partial charge in [0.2, 0.25) is 0 Å². The van der Waals surface area contributed by atoms with Gasteiger partial charge in [-0.15, -0.1) is 6.58 Å². The van der Waals surface area contributed by atoms with Crippen molar-refractivity contribution < 1.29 is 14.3 Å². The van der Waals surface area contributed by atoms with E-state index in [2.05, 4.69) is 6.58 Å². The van der Waals surface area contributed by atoms with Crippen LogP contribution in [0, 0.1) is 0 Å². The molecule has 0 aromatic heterocycles. The Kier molecular flexibility index (Phi) is 3.96. The van der Waals surface area contributed by atoms with E-state index >= 15 is 0 Å². The number of rotatable bonds is 3. The highest BCUT2D eigenvalue weighted by molar-refractivity contribution is 5.78. The van der Waals surface area contributed by atoms with Crippen LogP contribution in [0.4, 0.5) is 4.79 Å². The van der Waals surface area contributed by atoms with Gasteiger partial charge in [-0.1, -0.05) is 6.08 Å². The number of likely N-dealkylation sites (tertiary alicyclic amines) is 1. The first-order valence-electron chi connectivity index (χ1n) is 5.92. The first-order chi connectivity index (χ1) is 7.84. The highest BCUT2D eigenvalue weighted by atomic mass is 16.6. The molecule has 0 spiro atoms. The van der Waals surface area contributed by atoms with Crippen molar-refractivity contribution in [3.05, 3.63) is 12.7 Å². The number of carbonyl (C=O) groups is 2.